The fourth-order valence-corrected chi connectivity index (χ4v) is 5.39. The van der Waals surface area contributed by atoms with Crippen LogP contribution in [0.25, 0.3) is 5.78 Å². The average Bonchev–Trinajstić information content (AvgIpc) is 3.51. The van der Waals surface area contributed by atoms with Crippen LogP contribution in [0, 0.1) is 6.92 Å². The van der Waals surface area contributed by atoms with Gasteiger partial charge in [-0.25, -0.2) is 4.98 Å². The fourth-order valence-electron chi connectivity index (χ4n) is 4.54. The molecule has 3 aromatic heterocycles. The molecule has 0 bridgehead atoms. The zero-order valence-electron chi connectivity index (χ0n) is 21.7. The second-order valence-electron chi connectivity index (χ2n) is 9.58. The smallest absolute Gasteiger partial charge is 0.464 e. The fraction of sp³-hybridized carbons (Fsp3) is 0.444. The third-order valence-corrected chi connectivity index (χ3v) is 7.39. The summed E-state index contributed by atoms with van der Waals surface area (Å²) in [6.45, 7) is 5.06. The first kappa shape index (κ1) is 27.3. The van der Waals surface area contributed by atoms with Crippen molar-refractivity contribution in [2.45, 2.75) is 57.7 Å². The summed E-state index contributed by atoms with van der Waals surface area (Å²) in [6.07, 6.45) is 0.763. The van der Waals surface area contributed by atoms with Gasteiger partial charge >= 0.3 is 6.36 Å². The van der Waals surface area contributed by atoms with Crippen LogP contribution in [0.5, 0.6) is 5.75 Å². The molecule has 1 saturated heterocycles. The lowest BCUT2D eigenvalue weighted by Gasteiger charge is -2.25. The van der Waals surface area contributed by atoms with Gasteiger partial charge in [-0.3, -0.25) is 4.90 Å². The topological polar surface area (TPSA) is 80.7 Å². The maximum Gasteiger partial charge on any atom is 0.573 e. The average molecular weight is 561 g/mol. The van der Waals surface area contributed by atoms with Crippen molar-refractivity contribution >= 4 is 29.0 Å². The highest BCUT2D eigenvalue weighted by atomic mass is 32.2. The third kappa shape index (κ3) is 7.89. The van der Waals surface area contributed by atoms with E-state index >= 15 is 0 Å². The van der Waals surface area contributed by atoms with Crippen LogP contribution < -0.4 is 10.1 Å². The van der Waals surface area contributed by atoms with Gasteiger partial charge in [0, 0.05) is 23.9 Å². The summed E-state index contributed by atoms with van der Waals surface area (Å²) in [5.41, 5.74) is 1.33. The Morgan fingerprint density at radius 1 is 1.03 bits per heavy atom. The quantitative estimate of drug-likeness (QED) is 0.208. The minimum Gasteiger partial charge on any atom is -0.464 e. The Kier molecular flexibility index (Phi) is 8.61. The van der Waals surface area contributed by atoms with Gasteiger partial charge in [0.25, 0.3) is 5.78 Å². The first-order valence-electron chi connectivity index (χ1n) is 13.0. The zero-order valence-corrected chi connectivity index (χ0v) is 22.5. The third-order valence-electron chi connectivity index (χ3n) is 6.32. The van der Waals surface area contributed by atoms with E-state index in [0.717, 1.165) is 54.8 Å². The molecule has 39 heavy (non-hydrogen) atoms. The maximum atomic E-state index is 12.4. The van der Waals surface area contributed by atoms with E-state index in [2.05, 4.69) is 42.2 Å². The molecule has 4 aromatic rings. The van der Waals surface area contributed by atoms with Crippen molar-refractivity contribution in [2.24, 2.45) is 0 Å². The Balaban J connectivity index is 1.12. The van der Waals surface area contributed by atoms with E-state index in [9.17, 15) is 13.2 Å². The summed E-state index contributed by atoms with van der Waals surface area (Å²) in [5, 5.41) is 7.78. The van der Waals surface area contributed by atoms with Crippen molar-refractivity contribution in [1.29, 1.82) is 0 Å². The molecule has 1 N–H and O–H groups in total. The highest BCUT2D eigenvalue weighted by Gasteiger charge is 2.31. The molecule has 0 radical (unpaired) electrons. The van der Waals surface area contributed by atoms with Crippen LogP contribution in [0.3, 0.4) is 0 Å². The summed E-state index contributed by atoms with van der Waals surface area (Å²) < 4.78 is 48.8. The van der Waals surface area contributed by atoms with Crippen LogP contribution in [0.4, 0.5) is 24.7 Å². The molecule has 0 amide bonds. The Morgan fingerprint density at radius 3 is 2.56 bits per heavy atom. The summed E-state index contributed by atoms with van der Waals surface area (Å²) >= 11 is 1.83. The van der Waals surface area contributed by atoms with E-state index in [1.807, 2.05) is 24.8 Å². The molecule has 5 rings (SSSR count). The molecule has 8 nitrogen and oxygen atoms in total. The molecule has 1 fully saturated rings. The standard InChI is InChI=1S/C27H31F3N6O2S/c1-19-16-25(32-20-7-9-21(10-8-20)38-27(28,29)30)36-26(31-19)33-24(34-36)6-5-15-39-18-23-12-11-22(37-23)17-35-13-3-2-4-14-35/h7-12,16,32H,2-6,13-15,17-18H2,1H3. The number of nitrogens with zero attached hydrogens (tertiary/aromatic N) is 5. The van der Waals surface area contributed by atoms with Crippen molar-refractivity contribution in [2.75, 3.05) is 24.2 Å². The molecule has 1 aliphatic rings. The maximum absolute atomic E-state index is 12.4. The van der Waals surface area contributed by atoms with E-state index in [1.54, 1.807) is 4.52 Å². The Hall–Kier alpha value is -3.25. The van der Waals surface area contributed by atoms with Crippen molar-refractivity contribution in [3.63, 3.8) is 0 Å². The van der Waals surface area contributed by atoms with Gasteiger partial charge in [-0.2, -0.15) is 21.3 Å². The number of halogens is 3. The molecule has 0 spiro atoms. The van der Waals surface area contributed by atoms with Gasteiger partial charge in [-0.15, -0.1) is 18.3 Å². The van der Waals surface area contributed by atoms with Crippen LogP contribution >= 0.6 is 11.8 Å². The monoisotopic (exact) mass is 560 g/mol. The summed E-state index contributed by atoms with van der Waals surface area (Å²) in [4.78, 5) is 11.5. The molecular formula is C27H31F3N6O2S. The van der Waals surface area contributed by atoms with Crippen LogP contribution in [-0.2, 0) is 18.7 Å². The lowest BCUT2D eigenvalue weighted by molar-refractivity contribution is -0.274. The van der Waals surface area contributed by atoms with E-state index in [-0.39, 0.29) is 5.75 Å². The van der Waals surface area contributed by atoms with E-state index in [0.29, 0.717) is 29.5 Å². The predicted molar refractivity (Wildman–Crippen MR) is 144 cm³/mol. The lowest BCUT2D eigenvalue weighted by atomic mass is 10.1. The van der Waals surface area contributed by atoms with Gasteiger partial charge in [0.1, 0.15) is 23.1 Å². The van der Waals surface area contributed by atoms with Crippen molar-refractivity contribution in [3.8, 4) is 5.75 Å². The first-order chi connectivity index (χ1) is 18.8. The molecule has 1 aliphatic heterocycles. The number of anilines is 2. The molecule has 0 unspecified atom stereocenters. The number of furan rings is 1. The van der Waals surface area contributed by atoms with Crippen molar-refractivity contribution in [1.82, 2.24) is 24.5 Å². The number of piperidine rings is 1. The molecule has 0 saturated carbocycles. The van der Waals surface area contributed by atoms with Crippen molar-refractivity contribution in [3.05, 3.63) is 65.5 Å². The van der Waals surface area contributed by atoms with E-state index in [1.165, 1.54) is 43.5 Å². The second kappa shape index (κ2) is 12.3. The number of thioether (sulfide) groups is 1. The second-order valence-corrected chi connectivity index (χ2v) is 10.7. The number of hydrogen-bond donors (Lipinski definition) is 1. The summed E-state index contributed by atoms with van der Waals surface area (Å²) in [6, 6.07) is 11.5. The highest BCUT2D eigenvalue weighted by molar-refractivity contribution is 7.98. The molecule has 208 valence electrons. The number of alkyl halides is 3. The number of aromatic nitrogens is 4. The van der Waals surface area contributed by atoms with Crippen LogP contribution in [0.1, 0.15) is 48.7 Å². The minimum atomic E-state index is -4.73. The molecule has 12 heteroatoms. The first-order valence-corrected chi connectivity index (χ1v) is 14.2. The predicted octanol–water partition coefficient (Wildman–Crippen LogP) is 6.52. The number of ether oxygens (including phenoxy) is 1. The van der Waals surface area contributed by atoms with Gasteiger partial charge in [-0.05, 0) is 81.4 Å². The number of nitrogens with one attached hydrogen (secondary N) is 1. The molecule has 0 atom stereocenters. The van der Waals surface area contributed by atoms with Crippen LogP contribution in [-0.4, -0.2) is 49.7 Å². The SMILES string of the molecule is Cc1cc(Nc2ccc(OC(F)(F)F)cc2)n2nc(CCCSCc3ccc(CN4CCCCC4)o3)nc2n1. The summed E-state index contributed by atoms with van der Waals surface area (Å²) in [5.74, 6) is 5.32. The minimum absolute atomic E-state index is 0.282. The van der Waals surface area contributed by atoms with Gasteiger partial charge < -0.3 is 14.5 Å². The number of benzene rings is 1. The molecule has 4 heterocycles. The van der Waals surface area contributed by atoms with E-state index in [4.69, 9.17) is 4.42 Å². The van der Waals surface area contributed by atoms with Crippen molar-refractivity contribution < 1.29 is 22.3 Å². The largest absolute Gasteiger partial charge is 0.573 e. The Bertz CT molecular complexity index is 1370. The molecule has 0 aliphatic carbocycles. The lowest BCUT2D eigenvalue weighted by Crippen LogP contribution is -2.28. The van der Waals surface area contributed by atoms with Crippen LogP contribution in [0.2, 0.25) is 0 Å². The van der Waals surface area contributed by atoms with Gasteiger partial charge in [0.15, 0.2) is 5.82 Å². The Labute approximate surface area is 229 Å². The molecular weight excluding hydrogens is 529 g/mol. The van der Waals surface area contributed by atoms with Crippen LogP contribution in [0.15, 0.2) is 46.9 Å². The van der Waals surface area contributed by atoms with Gasteiger partial charge in [0.05, 0.1) is 12.3 Å². The normalized spacial score (nSPS) is 14.7. The number of rotatable bonds is 11. The zero-order chi connectivity index (χ0) is 27.2. The number of likely N-dealkylation sites (tertiary alicyclic amines) is 1. The summed E-state index contributed by atoms with van der Waals surface area (Å²) in [7, 11) is 0. The number of aryl methyl sites for hydroxylation is 2. The van der Waals surface area contributed by atoms with Gasteiger partial charge in [0.2, 0.25) is 0 Å². The number of hydrogen-bond acceptors (Lipinski definition) is 8. The highest BCUT2D eigenvalue weighted by Crippen LogP contribution is 2.26. The van der Waals surface area contributed by atoms with Gasteiger partial charge in [-0.1, -0.05) is 6.42 Å². The molecule has 1 aromatic carbocycles. The Morgan fingerprint density at radius 2 is 1.79 bits per heavy atom. The van der Waals surface area contributed by atoms with E-state index < -0.39 is 6.36 Å². The number of fused-ring (bicyclic) bond motifs is 1.